The lowest BCUT2D eigenvalue weighted by atomic mass is 10.1. The fourth-order valence-corrected chi connectivity index (χ4v) is 2.99. The third-order valence-corrected chi connectivity index (χ3v) is 3.82. The number of nitrogens with zero attached hydrogens (tertiary/aromatic N) is 2. The van der Waals surface area contributed by atoms with Crippen LogP contribution in [0.5, 0.6) is 5.75 Å². The van der Waals surface area contributed by atoms with Gasteiger partial charge in [0.2, 0.25) is 0 Å². The number of anilines is 1. The lowest BCUT2D eigenvalue weighted by molar-refractivity contribution is 0.0120. The largest absolute Gasteiger partial charge is 0.487 e. The Balaban J connectivity index is 1.85. The minimum atomic E-state index is -0.221. The summed E-state index contributed by atoms with van der Waals surface area (Å²) in [6, 6.07) is 2.39. The van der Waals surface area contributed by atoms with Crippen LogP contribution >= 0.6 is 0 Å². The van der Waals surface area contributed by atoms with E-state index in [0.717, 1.165) is 31.0 Å². The number of fused-ring (bicyclic) bond motifs is 3. The van der Waals surface area contributed by atoms with Crippen molar-refractivity contribution in [1.29, 1.82) is 0 Å². The first-order chi connectivity index (χ1) is 9.19. The zero-order valence-corrected chi connectivity index (χ0v) is 11.5. The predicted molar refractivity (Wildman–Crippen MR) is 73.4 cm³/mol. The highest BCUT2D eigenvalue weighted by Gasteiger charge is 2.39. The van der Waals surface area contributed by atoms with Crippen molar-refractivity contribution in [3.8, 4) is 5.75 Å². The van der Waals surface area contributed by atoms with E-state index in [0.29, 0.717) is 12.6 Å². The summed E-state index contributed by atoms with van der Waals surface area (Å²) in [7, 11) is 0. The van der Waals surface area contributed by atoms with Gasteiger partial charge in [-0.3, -0.25) is 0 Å². The van der Waals surface area contributed by atoms with Crippen molar-refractivity contribution in [1.82, 2.24) is 4.98 Å². The first-order valence-corrected chi connectivity index (χ1v) is 6.97. The Labute approximate surface area is 113 Å². The van der Waals surface area contributed by atoms with Gasteiger partial charge in [-0.15, -0.1) is 0 Å². The van der Waals surface area contributed by atoms with E-state index < -0.39 is 0 Å². The summed E-state index contributed by atoms with van der Waals surface area (Å²) in [5, 5.41) is 0. The number of ether oxygens (including phenoxy) is 2. The fourth-order valence-electron chi connectivity index (χ4n) is 2.99. The monoisotopic (exact) mass is 263 g/mol. The first kappa shape index (κ1) is 12.7. The molecular formula is C14H21N3O2. The molecule has 3 rings (SSSR count). The standard InChI is InChI=1S/C14H21N3O2/c1-3-10-4-5-16-14-13(10)18-8-11-6-12(7-17(11)14)19-9(2)15/h4-5,9,11-12H,3,6-8,15H2,1-2H3. The molecule has 3 unspecified atom stereocenters. The molecule has 0 aliphatic carbocycles. The van der Waals surface area contributed by atoms with Crippen LogP contribution in [0.15, 0.2) is 12.3 Å². The van der Waals surface area contributed by atoms with Crippen molar-refractivity contribution in [2.45, 2.75) is 45.1 Å². The van der Waals surface area contributed by atoms with E-state index in [1.165, 1.54) is 5.56 Å². The van der Waals surface area contributed by atoms with Crippen LogP contribution < -0.4 is 15.4 Å². The summed E-state index contributed by atoms with van der Waals surface area (Å²) in [6.45, 7) is 5.57. The molecule has 1 fully saturated rings. The molecule has 2 aliphatic rings. The van der Waals surface area contributed by atoms with Crippen molar-refractivity contribution in [3.63, 3.8) is 0 Å². The number of pyridine rings is 1. The Morgan fingerprint density at radius 3 is 3.21 bits per heavy atom. The van der Waals surface area contributed by atoms with Gasteiger partial charge in [0.05, 0.1) is 12.1 Å². The second-order valence-electron chi connectivity index (χ2n) is 5.29. The van der Waals surface area contributed by atoms with Crippen molar-refractivity contribution < 1.29 is 9.47 Å². The number of aromatic nitrogens is 1. The minimum Gasteiger partial charge on any atom is -0.487 e. The van der Waals surface area contributed by atoms with Crippen molar-refractivity contribution >= 4 is 5.82 Å². The normalized spacial score (nSPS) is 26.6. The molecule has 0 aromatic carbocycles. The Bertz CT molecular complexity index is 464. The minimum absolute atomic E-state index is 0.173. The molecule has 0 saturated carbocycles. The van der Waals surface area contributed by atoms with Gasteiger partial charge in [0.25, 0.3) is 0 Å². The van der Waals surface area contributed by atoms with Crippen LogP contribution in [0.25, 0.3) is 0 Å². The molecule has 3 atom stereocenters. The highest BCUT2D eigenvalue weighted by Crippen LogP contribution is 2.39. The van der Waals surface area contributed by atoms with E-state index in [4.69, 9.17) is 15.2 Å². The molecule has 2 N–H and O–H groups in total. The van der Waals surface area contributed by atoms with Gasteiger partial charge in [-0.1, -0.05) is 6.92 Å². The van der Waals surface area contributed by atoms with Gasteiger partial charge in [0, 0.05) is 12.7 Å². The quantitative estimate of drug-likeness (QED) is 0.833. The SMILES string of the molecule is CCc1ccnc2c1OCC1CC(OC(C)N)CN21. The molecule has 0 radical (unpaired) electrons. The van der Waals surface area contributed by atoms with Crippen LogP contribution in [-0.4, -0.2) is 36.5 Å². The Kier molecular flexibility index (Phi) is 3.33. The van der Waals surface area contributed by atoms with E-state index in [-0.39, 0.29) is 12.3 Å². The maximum atomic E-state index is 5.92. The number of rotatable bonds is 3. The van der Waals surface area contributed by atoms with E-state index >= 15 is 0 Å². The lowest BCUT2D eigenvalue weighted by Crippen LogP contribution is -2.39. The highest BCUT2D eigenvalue weighted by molar-refractivity contribution is 5.59. The van der Waals surface area contributed by atoms with Crippen molar-refractivity contribution in [2.24, 2.45) is 5.73 Å². The summed E-state index contributed by atoms with van der Waals surface area (Å²) in [6.07, 6.45) is 3.74. The second-order valence-corrected chi connectivity index (χ2v) is 5.29. The van der Waals surface area contributed by atoms with Gasteiger partial charge in [-0.25, -0.2) is 4.98 Å². The highest BCUT2D eigenvalue weighted by atomic mass is 16.5. The topological polar surface area (TPSA) is 60.6 Å². The number of hydrogen-bond acceptors (Lipinski definition) is 5. The zero-order chi connectivity index (χ0) is 13.4. The summed E-state index contributed by atoms with van der Waals surface area (Å²) in [4.78, 5) is 6.81. The summed E-state index contributed by atoms with van der Waals surface area (Å²) in [5.41, 5.74) is 6.94. The predicted octanol–water partition coefficient (Wildman–Crippen LogP) is 1.30. The summed E-state index contributed by atoms with van der Waals surface area (Å²) in [5.74, 6) is 1.91. The fraction of sp³-hybridized carbons (Fsp3) is 0.643. The smallest absolute Gasteiger partial charge is 0.172 e. The number of aryl methyl sites for hydroxylation is 1. The number of hydrogen-bond donors (Lipinski definition) is 1. The van der Waals surface area contributed by atoms with Crippen LogP contribution in [0.1, 0.15) is 25.8 Å². The third kappa shape index (κ3) is 2.28. The maximum absolute atomic E-state index is 5.92. The van der Waals surface area contributed by atoms with Crippen molar-refractivity contribution in [3.05, 3.63) is 17.8 Å². The molecule has 104 valence electrons. The van der Waals surface area contributed by atoms with Crippen molar-refractivity contribution in [2.75, 3.05) is 18.1 Å². The first-order valence-electron chi connectivity index (χ1n) is 6.97. The van der Waals surface area contributed by atoms with Gasteiger partial charge in [-0.05, 0) is 31.4 Å². The van der Waals surface area contributed by atoms with E-state index in [1.54, 1.807) is 0 Å². The average Bonchev–Trinajstić information content (AvgIpc) is 2.79. The van der Waals surface area contributed by atoms with Gasteiger partial charge in [0.1, 0.15) is 12.8 Å². The van der Waals surface area contributed by atoms with Crippen LogP contribution in [0, 0.1) is 0 Å². The molecular weight excluding hydrogens is 242 g/mol. The van der Waals surface area contributed by atoms with Gasteiger partial charge in [0.15, 0.2) is 11.6 Å². The summed E-state index contributed by atoms with van der Waals surface area (Å²) >= 11 is 0. The summed E-state index contributed by atoms with van der Waals surface area (Å²) < 4.78 is 11.6. The molecule has 2 aliphatic heterocycles. The Morgan fingerprint density at radius 2 is 2.47 bits per heavy atom. The molecule has 5 nitrogen and oxygen atoms in total. The maximum Gasteiger partial charge on any atom is 0.172 e. The molecule has 5 heteroatoms. The second kappa shape index (κ2) is 4.98. The molecule has 1 aromatic rings. The van der Waals surface area contributed by atoms with E-state index in [1.807, 2.05) is 19.2 Å². The Morgan fingerprint density at radius 1 is 1.63 bits per heavy atom. The molecule has 3 heterocycles. The number of nitrogens with two attached hydrogens (primary N) is 1. The van der Waals surface area contributed by atoms with Gasteiger partial charge >= 0.3 is 0 Å². The van der Waals surface area contributed by atoms with Crippen LogP contribution in [0.3, 0.4) is 0 Å². The van der Waals surface area contributed by atoms with E-state index in [2.05, 4.69) is 16.8 Å². The Hall–Kier alpha value is -1.33. The molecule has 0 spiro atoms. The average molecular weight is 263 g/mol. The van der Waals surface area contributed by atoms with E-state index in [9.17, 15) is 0 Å². The molecule has 0 bridgehead atoms. The van der Waals surface area contributed by atoms with Crippen LogP contribution in [0.2, 0.25) is 0 Å². The van der Waals surface area contributed by atoms with Gasteiger partial charge in [-0.2, -0.15) is 0 Å². The van der Waals surface area contributed by atoms with Crippen LogP contribution in [0.4, 0.5) is 5.82 Å². The molecule has 1 aromatic heterocycles. The van der Waals surface area contributed by atoms with Crippen LogP contribution in [-0.2, 0) is 11.2 Å². The third-order valence-electron chi connectivity index (χ3n) is 3.82. The molecule has 0 amide bonds. The zero-order valence-electron chi connectivity index (χ0n) is 11.5. The molecule has 19 heavy (non-hydrogen) atoms. The lowest BCUT2D eigenvalue weighted by Gasteiger charge is -2.33. The van der Waals surface area contributed by atoms with Gasteiger partial charge < -0.3 is 20.1 Å². The molecule has 1 saturated heterocycles.